The number of aryl methyl sites for hydroxylation is 2. The largest absolute Gasteiger partial charge is 0.297 e. The number of carbonyl (C=O) groups excluding carboxylic acids is 1. The van der Waals surface area contributed by atoms with Crippen LogP contribution in [0.15, 0.2) is 58.8 Å². The molecule has 0 fully saturated rings. The highest BCUT2D eigenvalue weighted by atomic mass is 16.2. The Kier molecular flexibility index (Phi) is 2.73. The van der Waals surface area contributed by atoms with Crippen molar-refractivity contribution in [1.82, 2.24) is 0 Å². The van der Waals surface area contributed by atoms with E-state index in [1.165, 1.54) is 11.1 Å². The smallest absolute Gasteiger partial charge is 0.265 e. The number of benzene rings is 2. The first kappa shape index (κ1) is 10.8. The molecule has 1 aliphatic rings. The lowest BCUT2D eigenvalue weighted by atomic mass is 10.0. The van der Waals surface area contributed by atoms with E-state index in [0.717, 1.165) is 12.8 Å². The average Bonchev–Trinajstić information content (AvgIpc) is 2.79. The third-order valence-corrected chi connectivity index (χ3v) is 3.09. The lowest BCUT2D eigenvalue weighted by molar-refractivity contribution is 0.100. The van der Waals surface area contributed by atoms with Crippen LogP contribution in [-0.4, -0.2) is 5.91 Å². The predicted molar refractivity (Wildman–Crippen MR) is 69.1 cm³/mol. The minimum Gasteiger partial charge on any atom is -0.265 e. The van der Waals surface area contributed by atoms with Gasteiger partial charge in [-0.05, 0) is 36.1 Å². The standard InChI is InChI=1S/C15H12N2O/c18-15-13-9-8-12(10-14(13)16-17-15)7-6-11-4-2-1-3-5-11/h1-5,8-10H,6-7H2. The van der Waals surface area contributed by atoms with Gasteiger partial charge in [0.05, 0.1) is 11.3 Å². The van der Waals surface area contributed by atoms with Gasteiger partial charge in [-0.3, -0.25) is 4.79 Å². The zero-order chi connectivity index (χ0) is 12.4. The summed E-state index contributed by atoms with van der Waals surface area (Å²) >= 11 is 0. The summed E-state index contributed by atoms with van der Waals surface area (Å²) in [5.41, 5.74) is 3.81. The molecule has 0 spiro atoms. The highest BCUT2D eigenvalue weighted by molar-refractivity contribution is 6.01. The van der Waals surface area contributed by atoms with Crippen molar-refractivity contribution in [2.24, 2.45) is 10.2 Å². The molecule has 0 unspecified atom stereocenters. The summed E-state index contributed by atoms with van der Waals surface area (Å²) in [6.07, 6.45) is 1.94. The molecule has 0 saturated carbocycles. The van der Waals surface area contributed by atoms with E-state index in [4.69, 9.17) is 0 Å². The fourth-order valence-corrected chi connectivity index (χ4v) is 2.08. The normalized spacial score (nSPS) is 12.8. The highest BCUT2D eigenvalue weighted by Crippen LogP contribution is 2.28. The molecule has 2 aromatic rings. The fourth-order valence-electron chi connectivity index (χ4n) is 2.08. The first-order valence-corrected chi connectivity index (χ1v) is 5.96. The van der Waals surface area contributed by atoms with Gasteiger partial charge >= 0.3 is 0 Å². The molecule has 0 aliphatic carbocycles. The summed E-state index contributed by atoms with van der Waals surface area (Å²) in [4.78, 5) is 11.3. The number of nitrogens with zero attached hydrogens (tertiary/aromatic N) is 2. The molecule has 1 amide bonds. The molecule has 2 aromatic carbocycles. The Balaban J connectivity index is 1.75. The van der Waals surface area contributed by atoms with Gasteiger partial charge in [-0.25, -0.2) is 0 Å². The molecule has 0 atom stereocenters. The summed E-state index contributed by atoms with van der Waals surface area (Å²) in [7, 11) is 0. The fraction of sp³-hybridized carbons (Fsp3) is 0.133. The maximum absolute atomic E-state index is 11.3. The summed E-state index contributed by atoms with van der Waals surface area (Å²) in [6.45, 7) is 0. The van der Waals surface area contributed by atoms with E-state index in [9.17, 15) is 4.79 Å². The number of hydrogen-bond donors (Lipinski definition) is 0. The first-order chi connectivity index (χ1) is 8.83. The second kappa shape index (κ2) is 4.53. The maximum Gasteiger partial charge on any atom is 0.297 e. The zero-order valence-corrected chi connectivity index (χ0v) is 9.84. The number of rotatable bonds is 3. The SMILES string of the molecule is O=C1N=Nc2cc(CCc3ccccc3)ccc21. The van der Waals surface area contributed by atoms with E-state index in [2.05, 4.69) is 22.4 Å². The van der Waals surface area contributed by atoms with Gasteiger partial charge in [-0.1, -0.05) is 36.4 Å². The average molecular weight is 236 g/mol. The number of azo groups is 1. The van der Waals surface area contributed by atoms with E-state index in [0.29, 0.717) is 11.3 Å². The van der Waals surface area contributed by atoms with Crippen LogP contribution in [-0.2, 0) is 12.8 Å². The molecular weight excluding hydrogens is 224 g/mol. The molecule has 1 aliphatic heterocycles. The lowest BCUT2D eigenvalue weighted by Gasteiger charge is -2.03. The Labute approximate surface area is 105 Å². The van der Waals surface area contributed by atoms with Crippen molar-refractivity contribution in [3.8, 4) is 0 Å². The van der Waals surface area contributed by atoms with Crippen LogP contribution >= 0.6 is 0 Å². The third-order valence-electron chi connectivity index (χ3n) is 3.09. The minimum atomic E-state index is -0.236. The molecule has 0 bridgehead atoms. The van der Waals surface area contributed by atoms with Crippen LogP contribution in [0.25, 0.3) is 0 Å². The molecule has 0 aromatic heterocycles. The Hall–Kier alpha value is -2.29. The molecule has 3 heteroatoms. The van der Waals surface area contributed by atoms with Crippen LogP contribution in [0.3, 0.4) is 0 Å². The Bertz CT molecular complexity index is 618. The first-order valence-electron chi connectivity index (χ1n) is 5.96. The van der Waals surface area contributed by atoms with Crippen molar-refractivity contribution in [2.75, 3.05) is 0 Å². The molecule has 1 heterocycles. The summed E-state index contributed by atoms with van der Waals surface area (Å²) in [5.74, 6) is -0.236. The van der Waals surface area contributed by atoms with Gasteiger partial charge in [-0.2, -0.15) is 0 Å². The Morgan fingerprint density at radius 1 is 0.833 bits per heavy atom. The second-order valence-electron chi connectivity index (χ2n) is 4.34. The topological polar surface area (TPSA) is 41.8 Å². The van der Waals surface area contributed by atoms with Gasteiger partial charge in [0.1, 0.15) is 0 Å². The molecule has 0 radical (unpaired) electrons. The lowest BCUT2D eigenvalue weighted by Crippen LogP contribution is -1.93. The van der Waals surface area contributed by atoms with Crippen molar-refractivity contribution in [2.45, 2.75) is 12.8 Å². The molecule has 88 valence electrons. The number of amides is 1. The quantitative estimate of drug-likeness (QED) is 0.800. The van der Waals surface area contributed by atoms with Crippen LogP contribution in [0.2, 0.25) is 0 Å². The van der Waals surface area contributed by atoms with Crippen molar-refractivity contribution < 1.29 is 4.79 Å². The van der Waals surface area contributed by atoms with E-state index in [1.54, 1.807) is 0 Å². The van der Waals surface area contributed by atoms with Crippen molar-refractivity contribution in [3.63, 3.8) is 0 Å². The van der Waals surface area contributed by atoms with E-state index in [1.807, 2.05) is 36.4 Å². The summed E-state index contributed by atoms with van der Waals surface area (Å²) in [5, 5.41) is 7.42. The van der Waals surface area contributed by atoms with Crippen LogP contribution < -0.4 is 0 Å². The monoisotopic (exact) mass is 236 g/mol. The van der Waals surface area contributed by atoms with E-state index >= 15 is 0 Å². The van der Waals surface area contributed by atoms with Gasteiger partial charge in [0, 0.05) is 0 Å². The van der Waals surface area contributed by atoms with Crippen molar-refractivity contribution >= 4 is 11.6 Å². The molecule has 3 rings (SSSR count). The maximum atomic E-state index is 11.3. The van der Waals surface area contributed by atoms with Crippen LogP contribution in [0, 0.1) is 0 Å². The second-order valence-corrected chi connectivity index (χ2v) is 4.34. The minimum absolute atomic E-state index is 0.236. The zero-order valence-electron chi connectivity index (χ0n) is 9.84. The van der Waals surface area contributed by atoms with Gasteiger partial charge in [-0.15, -0.1) is 10.2 Å². The van der Waals surface area contributed by atoms with E-state index < -0.39 is 0 Å². The number of fused-ring (bicyclic) bond motifs is 1. The van der Waals surface area contributed by atoms with E-state index in [-0.39, 0.29) is 5.91 Å². The van der Waals surface area contributed by atoms with Crippen molar-refractivity contribution in [3.05, 3.63) is 65.2 Å². The molecular formula is C15H12N2O. The molecule has 0 N–H and O–H groups in total. The summed E-state index contributed by atoms with van der Waals surface area (Å²) in [6, 6.07) is 16.1. The number of hydrogen-bond acceptors (Lipinski definition) is 2. The molecule has 0 saturated heterocycles. The van der Waals surface area contributed by atoms with Gasteiger partial charge in [0.2, 0.25) is 0 Å². The Morgan fingerprint density at radius 2 is 1.61 bits per heavy atom. The van der Waals surface area contributed by atoms with Gasteiger partial charge < -0.3 is 0 Å². The number of carbonyl (C=O) groups is 1. The Morgan fingerprint density at radius 3 is 2.44 bits per heavy atom. The van der Waals surface area contributed by atoms with Crippen LogP contribution in [0.4, 0.5) is 5.69 Å². The third kappa shape index (κ3) is 2.07. The summed E-state index contributed by atoms with van der Waals surface area (Å²) < 4.78 is 0. The highest BCUT2D eigenvalue weighted by Gasteiger charge is 2.16. The van der Waals surface area contributed by atoms with Crippen LogP contribution in [0.5, 0.6) is 0 Å². The molecule has 3 nitrogen and oxygen atoms in total. The van der Waals surface area contributed by atoms with Gasteiger partial charge in [0.25, 0.3) is 5.91 Å². The van der Waals surface area contributed by atoms with Crippen LogP contribution in [0.1, 0.15) is 21.5 Å². The molecule has 18 heavy (non-hydrogen) atoms. The predicted octanol–water partition coefficient (Wildman–Crippen LogP) is 3.71. The van der Waals surface area contributed by atoms with Gasteiger partial charge in [0.15, 0.2) is 0 Å². The van der Waals surface area contributed by atoms with Crippen molar-refractivity contribution in [1.29, 1.82) is 0 Å².